The van der Waals surface area contributed by atoms with Crippen LogP contribution in [0.25, 0.3) is 0 Å². The molecule has 0 fully saturated rings. The lowest BCUT2D eigenvalue weighted by molar-refractivity contribution is 0.376. The van der Waals surface area contributed by atoms with Gasteiger partial charge in [0.15, 0.2) is 0 Å². The van der Waals surface area contributed by atoms with Crippen LogP contribution in [0.1, 0.15) is 68.7 Å². The molecule has 2 aromatic rings. The quantitative estimate of drug-likeness (QED) is 0.572. The first-order valence-electron chi connectivity index (χ1n) is 9.84. The van der Waals surface area contributed by atoms with E-state index in [-0.39, 0.29) is 5.54 Å². The van der Waals surface area contributed by atoms with Gasteiger partial charge in [0.2, 0.25) is 0 Å². The molecule has 2 heteroatoms. The van der Waals surface area contributed by atoms with Gasteiger partial charge in [-0.1, -0.05) is 37.6 Å². The van der Waals surface area contributed by atoms with Gasteiger partial charge in [0.05, 0.1) is 5.69 Å². The second-order valence-electron chi connectivity index (χ2n) is 8.44. The molecule has 0 aromatic heterocycles. The van der Waals surface area contributed by atoms with Crippen LogP contribution in [0.2, 0.25) is 0 Å². The molecule has 1 atom stereocenters. The fraction of sp³-hybridized carbons (Fsp3) is 0.458. The zero-order valence-electron chi connectivity index (χ0n) is 17.1. The summed E-state index contributed by atoms with van der Waals surface area (Å²) < 4.78 is 0. The van der Waals surface area contributed by atoms with Crippen LogP contribution in [0.15, 0.2) is 41.4 Å². The molecule has 1 heterocycles. The van der Waals surface area contributed by atoms with E-state index in [1.807, 2.05) is 6.21 Å². The summed E-state index contributed by atoms with van der Waals surface area (Å²) in [5.74, 6) is 0.572. The van der Waals surface area contributed by atoms with Gasteiger partial charge in [-0.05, 0) is 81.3 Å². The van der Waals surface area contributed by atoms with E-state index in [1.165, 1.54) is 40.8 Å². The molecule has 1 aliphatic rings. The fourth-order valence-electron chi connectivity index (χ4n) is 4.33. The minimum Gasteiger partial charge on any atom is -0.366 e. The number of fused-ring (bicyclic) bond motifs is 1. The Kier molecular flexibility index (Phi) is 5.22. The van der Waals surface area contributed by atoms with Gasteiger partial charge in [-0.25, -0.2) is 0 Å². The van der Waals surface area contributed by atoms with Crippen LogP contribution in [0.4, 0.5) is 11.4 Å². The van der Waals surface area contributed by atoms with E-state index >= 15 is 0 Å². The molecule has 0 amide bonds. The number of anilines is 1. The van der Waals surface area contributed by atoms with Gasteiger partial charge in [-0.3, -0.25) is 4.99 Å². The summed E-state index contributed by atoms with van der Waals surface area (Å²) in [6.07, 6.45) is 4.37. The van der Waals surface area contributed by atoms with Crippen LogP contribution in [0, 0.1) is 13.8 Å². The number of hydrogen-bond acceptors (Lipinski definition) is 2. The van der Waals surface area contributed by atoms with Crippen LogP contribution in [0.3, 0.4) is 0 Å². The number of aryl methyl sites for hydroxylation is 2. The number of nitrogens with zero attached hydrogens (tertiary/aromatic N) is 2. The van der Waals surface area contributed by atoms with Gasteiger partial charge in [0, 0.05) is 24.0 Å². The van der Waals surface area contributed by atoms with Crippen LogP contribution in [-0.4, -0.2) is 18.3 Å². The van der Waals surface area contributed by atoms with E-state index in [0.29, 0.717) is 5.92 Å². The Balaban J connectivity index is 1.93. The molecule has 0 saturated heterocycles. The Bertz CT molecular complexity index is 817. The zero-order valence-corrected chi connectivity index (χ0v) is 17.1. The molecule has 3 rings (SSSR count). The second-order valence-corrected chi connectivity index (χ2v) is 8.44. The molecule has 138 valence electrons. The highest BCUT2D eigenvalue weighted by Gasteiger charge is 2.35. The summed E-state index contributed by atoms with van der Waals surface area (Å²) in [6.45, 7) is 14.7. The number of hydrogen-bond donors (Lipinski definition) is 0. The molecule has 0 aliphatic carbocycles. The van der Waals surface area contributed by atoms with E-state index in [9.17, 15) is 0 Å². The van der Waals surface area contributed by atoms with Gasteiger partial charge in [0.25, 0.3) is 0 Å². The first kappa shape index (κ1) is 18.7. The van der Waals surface area contributed by atoms with E-state index in [1.54, 1.807) is 0 Å². The summed E-state index contributed by atoms with van der Waals surface area (Å²) in [7, 11) is 0. The number of rotatable bonds is 4. The maximum absolute atomic E-state index is 4.74. The van der Waals surface area contributed by atoms with Crippen LogP contribution >= 0.6 is 0 Å². The van der Waals surface area contributed by atoms with Crippen molar-refractivity contribution in [1.29, 1.82) is 0 Å². The van der Waals surface area contributed by atoms with Crippen molar-refractivity contribution in [3.05, 3.63) is 58.7 Å². The molecule has 2 aromatic carbocycles. The molecule has 0 N–H and O–H groups in total. The van der Waals surface area contributed by atoms with Gasteiger partial charge in [0.1, 0.15) is 0 Å². The standard InChI is InChI=1S/C24H32N2/c1-7-12-26-23-11-9-20(14-21(23)19(4)15-24(26,5)6)16-25-22-10-8-17(2)13-18(22)3/h8-11,13-14,16,19H,7,12,15H2,1-6H3. The van der Waals surface area contributed by atoms with E-state index in [2.05, 4.69) is 82.8 Å². The van der Waals surface area contributed by atoms with E-state index in [0.717, 1.165) is 12.2 Å². The van der Waals surface area contributed by atoms with E-state index in [4.69, 9.17) is 4.99 Å². The van der Waals surface area contributed by atoms with Crippen molar-refractivity contribution in [2.45, 2.75) is 65.8 Å². The second kappa shape index (κ2) is 7.26. The number of benzene rings is 2. The van der Waals surface area contributed by atoms with Crippen molar-refractivity contribution >= 4 is 17.6 Å². The van der Waals surface area contributed by atoms with Gasteiger partial charge in [-0.2, -0.15) is 0 Å². The van der Waals surface area contributed by atoms with Gasteiger partial charge < -0.3 is 4.90 Å². The first-order chi connectivity index (χ1) is 12.3. The van der Waals surface area contributed by atoms with Crippen molar-refractivity contribution < 1.29 is 0 Å². The zero-order chi connectivity index (χ0) is 18.9. The molecular formula is C24H32N2. The maximum atomic E-state index is 4.74. The normalized spacial score (nSPS) is 19.0. The largest absolute Gasteiger partial charge is 0.366 e. The average Bonchev–Trinajstić information content (AvgIpc) is 2.57. The monoisotopic (exact) mass is 348 g/mol. The molecule has 0 saturated carbocycles. The summed E-state index contributed by atoms with van der Waals surface area (Å²) in [5.41, 5.74) is 7.83. The fourth-order valence-corrected chi connectivity index (χ4v) is 4.33. The Labute approximate surface area is 159 Å². The van der Waals surface area contributed by atoms with Crippen LogP contribution < -0.4 is 4.90 Å². The predicted octanol–water partition coefficient (Wildman–Crippen LogP) is 6.56. The average molecular weight is 349 g/mol. The third-order valence-electron chi connectivity index (χ3n) is 5.56. The highest BCUT2D eigenvalue weighted by molar-refractivity contribution is 5.84. The lowest BCUT2D eigenvalue weighted by atomic mass is 9.79. The third kappa shape index (κ3) is 3.70. The highest BCUT2D eigenvalue weighted by atomic mass is 15.2. The molecular weight excluding hydrogens is 316 g/mol. The Morgan fingerprint density at radius 3 is 2.62 bits per heavy atom. The summed E-state index contributed by atoms with van der Waals surface area (Å²) in [6, 6.07) is 13.3. The molecule has 1 unspecified atom stereocenters. The predicted molar refractivity (Wildman–Crippen MR) is 114 cm³/mol. The summed E-state index contributed by atoms with van der Waals surface area (Å²) >= 11 is 0. The molecule has 1 aliphatic heterocycles. The molecule has 0 bridgehead atoms. The van der Waals surface area contributed by atoms with Crippen molar-refractivity contribution in [3.8, 4) is 0 Å². The Morgan fingerprint density at radius 2 is 1.92 bits per heavy atom. The summed E-state index contributed by atoms with van der Waals surface area (Å²) in [4.78, 5) is 7.33. The van der Waals surface area contributed by atoms with Crippen molar-refractivity contribution in [2.24, 2.45) is 4.99 Å². The molecule has 0 spiro atoms. The van der Waals surface area contributed by atoms with Crippen LogP contribution in [0.5, 0.6) is 0 Å². The molecule has 0 radical (unpaired) electrons. The Hall–Kier alpha value is -2.09. The first-order valence-corrected chi connectivity index (χ1v) is 9.84. The minimum atomic E-state index is 0.219. The minimum absolute atomic E-state index is 0.219. The van der Waals surface area contributed by atoms with Gasteiger partial charge >= 0.3 is 0 Å². The number of aliphatic imine (C=N–C) groups is 1. The Morgan fingerprint density at radius 1 is 1.15 bits per heavy atom. The lowest BCUT2D eigenvalue weighted by Gasteiger charge is -2.47. The van der Waals surface area contributed by atoms with Crippen molar-refractivity contribution in [1.82, 2.24) is 0 Å². The smallest absolute Gasteiger partial charge is 0.0659 e. The third-order valence-corrected chi connectivity index (χ3v) is 5.56. The lowest BCUT2D eigenvalue weighted by Crippen LogP contribution is -2.48. The van der Waals surface area contributed by atoms with Crippen LogP contribution in [-0.2, 0) is 0 Å². The topological polar surface area (TPSA) is 15.6 Å². The van der Waals surface area contributed by atoms with Gasteiger partial charge in [-0.15, -0.1) is 0 Å². The van der Waals surface area contributed by atoms with Crippen molar-refractivity contribution in [2.75, 3.05) is 11.4 Å². The summed E-state index contributed by atoms with van der Waals surface area (Å²) in [5, 5.41) is 0. The molecule has 26 heavy (non-hydrogen) atoms. The molecule has 2 nitrogen and oxygen atoms in total. The maximum Gasteiger partial charge on any atom is 0.0659 e. The SMILES string of the molecule is CCCN1c2ccc(C=Nc3ccc(C)cc3C)cc2C(C)CC1(C)C. The van der Waals surface area contributed by atoms with Crippen molar-refractivity contribution in [3.63, 3.8) is 0 Å². The van der Waals surface area contributed by atoms with E-state index < -0.39 is 0 Å². The highest BCUT2D eigenvalue weighted by Crippen LogP contribution is 2.43.